The lowest BCUT2D eigenvalue weighted by atomic mass is 10.2. The third kappa shape index (κ3) is 7.20. The monoisotopic (exact) mass is 230 g/mol. The number of nitrogens with zero attached hydrogens (tertiary/aromatic N) is 1. The maximum atomic E-state index is 5.62. The van der Waals surface area contributed by atoms with Crippen molar-refractivity contribution in [2.24, 2.45) is 5.73 Å². The van der Waals surface area contributed by atoms with E-state index in [-0.39, 0.29) is 6.10 Å². The zero-order valence-corrected chi connectivity index (χ0v) is 11.5. The Balaban J connectivity index is 3.83. The third-order valence-corrected chi connectivity index (χ3v) is 3.11. The van der Waals surface area contributed by atoms with E-state index < -0.39 is 0 Å². The summed E-state index contributed by atoms with van der Waals surface area (Å²) in [5.74, 6) is 0. The second kappa shape index (κ2) is 10.1. The molecule has 3 nitrogen and oxygen atoms in total. The average molecular weight is 230 g/mol. The van der Waals surface area contributed by atoms with E-state index >= 15 is 0 Å². The molecule has 0 rings (SSSR count). The molecule has 1 atom stereocenters. The lowest BCUT2D eigenvalue weighted by Crippen LogP contribution is -2.36. The summed E-state index contributed by atoms with van der Waals surface area (Å²) in [6.07, 6.45) is 5.17. The highest BCUT2D eigenvalue weighted by molar-refractivity contribution is 4.67. The molecule has 0 bridgehead atoms. The fourth-order valence-corrected chi connectivity index (χ4v) is 1.83. The van der Waals surface area contributed by atoms with E-state index in [1.807, 2.05) is 0 Å². The molecule has 2 N–H and O–H groups in total. The number of methoxy groups -OCH3 is 1. The Kier molecular flexibility index (Phi) is 9.99. The van der Waals surface area contributed by atoms with Gasteiger partial charge in [-0.3, -0.25) is 0 Å². The van der Waals surface area contributed by atoms with Gasteiger partial charge in [-0.25, -0.2) is 0 Å². The molecule has 0 spiro atoms. The molecule has 1 unspecified atom stereocenters. The van der Waals surface area contributed by atoms with Crippen LogP contribution in [0.4, 0.5) is 0 Å². The van der Waals surface area contributed by atoms with Gasteiger partial charge in [0.05, 0.1) is 6.10 Å². The summed E-state index contributed by atoms with van der Waals surface area (Å²) in [4.78, 5) is 2.53. The van der Waals surface area contributed by atoms with Crippen LogP contribution in [0.25, 0.3) is 0 Å². The molecule has 98 valence electrons. The first-order chi connectivity index (χ1) is 7.65. The Bertz CT molecular complexity index is 147. The Hall–Kier alpha value is -0.120. The van der Waals surface area contributed by atoms with Gasteiger partial charge in [-0.1, -0.05) is 19.8 Å². The first-order valence-electron chi connectivity index (χ1n) is 6.62. The van der Waals surface area contributed by atoms with Gasteiger partial charge in [-0.05, 0) is 33.2 Å². The van der Waals surface area contributed by atoms with Crippen LogP contribution >= 0.6 is 0 Å². The van der Waals surface area contributed by atoms with Crippen molar-refractivity contribution in [3.63, 3.8) is 0 Å². The Morgan fingerprint density at radius 2 is 1.88 bits per heavy atom. The van der Waals surface area contributed by atoms with Crippen LogP contribution in [0.5, 0.6) is 0 Å². The van der Waals surface area contributed by atoms with Crippen molar-refractivity contribution >= 4 is 0 Å². The van der Waals surface area contributed by atoms with E-state index in [0.717, 1.165) is 13.0 Å². The summed E-state index contributed by atoms with van der Waals surface area (Å²) in [5.41, 5.74) is 5.62. The number of rotatable bonds is 10. The van der Waals surface area contributed by atoms with E-state index in [4.69, 9.17) is 10.5 Å². The minimum atomic E-state index is 0.215. The molecule has 0 radical (unpaired) electrons. The first kappa shape index (κ1) is 15.9. The van der Waals surface area contributed by atoms with Crippen molar-refractivity contribution in [3.8, 4) is 0 Å². The Morgan fingerprint density at radius 3 is 2.31 bits per heavy atom. The van der Waals surface area contributed by atoms with Gasteiger partial charge in [0.15, 0.2) is 0 Å². The molecular weight excluding hydrogens is 200 g/mol. The number of ether oxygens (including phenoxy) is 1. The smallest absolute Gasteiger partial charge is 0.0705 e. The summed E-state index contributed by atoms with van der Waals surface area (Å²) in [5, 5.41) is 0. The SMILES string of the molecule is CCCCCN(CCC(CN)OC)C(C)C. The Labute approximate surface area is 101 Å². The normalized spacial score (nSPS) is 13.7. The van der Waals surface area contributed by atoms with Crippen LogP contribution < -0.4 is 5.73 Å². The van der Waals surface area contributed by atoms with Crippen molar-refractivity contribution in [2.45, 2.75) is 58.6 Å². The maximum absolute atomic E-state index is 5.62. The zero-order chi connectivity index (χ0) is 12.4. The van der Waals surface area contributed by atoms with Gasteiger partial charge in [0, 0.05) is 26.2 Å². The fourth-order valence-electron chi connectivity index (χ4n) is 1.83. The molecule has 0 aromatic heterocycles. The van der Waals surface area contributed by atoms with Crippen molar-refractivity contribution in [1.82, 2.24) is 4.90 Å². The number of hydrogen-bond acceptors (Lipinski definition) is 3. The predicted octanol–water partition coefficient (Wildman–Crippen LogP) is 2.25. The molecule has 16 heavy (non-hydrogen) atoms. The molecule has 0 fully saturated rings. The quantitative estimate of drug-likeness (QED) is 0.585. The van der Waals surface area contributed by atoms with Gasteiger partial charge >= 0.3 is 0 Å². The highest BCUT2D eigenvalue weighted by atomic mass is 16.5. The second-order valence-corrected chi connectivity index (χ2v) is 4.72. The van der Waals surface area contributed by atoms with Crippen molar-refractivity contribution in [3.05, 3.63) is 0 Å². The summed E-state index contributed by atoms with van der Waals surface area (Å²) in [6.45, 7) is 9.68. The molecule has 0 saturated heterocycles. The van der Waals surface area contributed by atoms with Crippen LogP contribution in [0.1, 0.15) is 46.5 Å². The minimum absolute atomic E-state index is 0.215. The van der Waals surface area contributed by atoms with Crippen molar-refractivity contribution < 1.29 is 4.74 Å². The lowest BCUT2D eigenvalue weighted by molar-refractivity contribution is 0.0840. The summed E-state index contributed by atoms with van der Waals surface area (Å²) in [6, 6.07) is 0.618. The molecule has 0 aliphatic heterocycles. The van der Waals surface area contributed by atoms with Crippen LogP contribution in [0, 0.1) is 0 Å². The van der Waals surface area contributed by atoms with E-state index in [1.165, 1.54) is 25.8 Å². The van der Waals surface area contributed by atoms with Crippen LogP contribution in [-0.4, -0.2) is 43.8 Å². The van der Waals surface area contributed by atoms with Crippen LogP contribution in [0.3, 0.4) is 0 Å². The highest BCUT2D eigenvalue weighted by Gasteiger charge is 2.12. The zero-order valence-electron chi connectivity index (χ0n) is 11.5. The van der Waals surface area contributed by atoms with Gasteiger partial charge in [0.25, 0.3) is 0 Å². The van der Waals surface area contributed by atoms with Gasteiger partial charge in [0.1, 0.15) is 0 Å². The second-order valence-electron chi connectivity index (χ2n) is 4.72. The average Bonchev–Trinajstić information content (AvgIpc) is 2.27. The molecule has 0 aromatic rings. The van der Waals surface area contributed by atoms with Crippen LogP contribution in [0.2, 0.25) is 0 Å². The summed E-state index contributed by atoms with van der Waals surface area (Å²) < 4.78 is 5.30. The van der Waals surface area contributed by atoms with Gasteiger partial charge in [-0.15, -0.1) is 0 Å². The van der Waals surface area contributed by atoms with E-state index in [0.29, 0.717) is 12.6 Å². The maximum Gasteiger partial charge on any atom is 0.0705 e. The fraction of sp³-hybridized carbons (Fsp3) is 1.00. The van der Waals surface area contributed by atoms with E-state index in [2.05, 4.69) is 25.7 Å². The van der Waals surface area contributed by atoms with Crippen LogP contribution in [-0.2, 0) is 4.74 Å². The van der Waals surface area contributed by atoms with Crippen LogP contribution in [0.15, 0.2) is 0 Å². The molecule has 3 heteroatoms. The van der Waals surface area contributed by atoms with Gasteiger partial charge in [0.2, 0.25) is 0 Å². The van der Waals surface area contributed by atoms with Gasteiger partial charge in [-0.2, -0.15) is 0 Å². The first-order valence-corrected chi connectivity index (χ1v) is 6.62. The van der Waals surface area contributed by atoms with E-state index in [9.17, 15) is 0 Å². The molecule has 0 aromatic carbocycles. The van der Waals surface area contributed by atoms with Crippen molar-refractivity contribution in [2.75, 3.05) is 26.7 Å². The summed E-state index contributed by atoms with van der Waals surface area (Å²) >= 11 is 0. The van der Waals surface area contributed by atoms with Gasteiger partial charge < -0.3 is 15.4 Å². The molecule has 0 heterocycles. The lowest BCUT2D eigenvalue weighted by Gasteiger charge is -2.27. The van der Waals surface area contributed by atoms with E-state index in [1.54, 1.807) is 7.11 Å². The topological polar surface area (TPSA) is 38.5 Å². The standard InChI is InChI=1S/C13H30N2O/c1-5-6-7-9-15(12(2)3)10-8-13(11-14)16-4/h12-13H,5-11,14H2,1-4H3. The van der Waals surface area contributed by atoms with Crippen molar-refractivity contribution in [1.29, 1.82) is 0 Å². The highest BCUT2D eigenvalue weighted by Crippen LogP contribution is 2.06. The molecule has 0 aliphatic carbocycles. The minimum Gasteiger partial charge on any atom is -0.380 e. The largest absolute Gasteiger partial charge is 0.380 e. The molecule has 0 saturated carbocycles. The predicted molar refractivity (Wildman–Crippen MR) is 70.7 cm³/mol. The third-order valence-electron chi connectivity index (χ3n) is 3.11. The number of unbranched alkanes of at least 4 members (excludes halogenated alkanes) is 2. The Morgan fingerprint density at radius 1 is 1.19 bits per heavy atom. The number of nitrogens with two attached hydrogens (primary N) is 1. The molecular formula is C13H30N2O. The molecule has 0 amide bonds. The summed E-state index contributed by atoms with van der Waals surface area (Å²) in [7, 11) is 1.74. The number of hydrogen-bond donors (Lipinski definition) is 1. The molecule has 0 aliphatic rings.